The molecule has 0 aliphatic carbocycles. The zero-order valence-corrected chi connectivity index (χ0v) is 11.4. The van der Waals surface area contributed by atoms with Gasteiger partial charge in [0.25, 0.3) is 0 Å². The minimum atomic E-state index is -4.40. The van der Waals surface area contributed by atoms with Crippen LogP contribution in [0.5, 0.6) is 0 Å². The number of nitriles is 1. The monoisotopic (exact) mass is 314 g/mol. The highest BCUT2D eigenvalue weighted by Gasteiger charge is 2.44. The Hall–Kier alpha value is -2.02. The first-order chi connectivity index (χ1) is 9.78. The normalized spacial score (nSPS) is 22.9. The molecule has 0 radical (unpaired) electrons. The third-order valence-electron chi connectivity index (χ3n) is 3.19. The maximum Gasteiger partial charge on any atom is 0.322 e. The average Bonchev–Trinajstić information content (AvgIpc) is 2.81. The van der Waals surface area contributed by atoms with Gasteiger partial charge in [-0.25, -0.2) is 12.8 Å². The van der Waals surface area contributed by atoms with Crippen LogP contribution in [0.2, 0.25) is 0 Å². The number of hydrogen-bond donors (Lipinski definition) is 2. The molecule has 0 saturated carbocycles. The summed E-state index contributed by atoms with van der Waals surface area (Å²) in [4.78, 5) is 10.5. The first-order valence-electron chi connectivity index (χ1n) is 5.90. The Morgan fingerprint density at radius 2 is 2.14 bits per heavy atom. The number of halogens is 1. The van der Waals surface area contributed by atoms with Crippen LogP contribution in [0.25, 0.3) is 0 Å². The second-order valence-corrected chi connectivity index (χ2v) is 6.40. The van der Waals surface area contributed by atoms with Crippen molar-refractivity contribution in [2.24, 2.45) is 0 Å². The number of β-amino-alcohol motifs (C(OH)–C–C–N with tert-alkyl or cyclic N) is 1. The molecule has 2 atom stereocenters. The maximum absolute atomic E-state index is 13.5. The fraction of sp³-hybridized carbons (Fsp3) is 0.333. The van der Waals surface area contributed by atoms with Crippen LogP contribution in [-0.4, -0.2) is 47.6 Å². The molecular weight excluding hydrogens is 303 g/mol. The zero-order valence-electron chi connectivity index (χ0n) is 10.6. The minimum absolute atomic E-state index is 0.258. The molecule has 7 nitrogen and oxygen atoms in total. The minimum Gasteiger partial charge on any atom is -0.480 e. The lowest BCUT2D eigenvalue weighted by molar-refractivity contribution is -0.140. The fourth-order valence-corrected chi connectivity index (χ4v) is 4.01. The van der Waals surface area contributed by atoms with Crippen LogP contribution >= 0.6 is 0 Å². The van der Waals surface area contributed by atoms with Crippen molar-refractivity contribution in [2.75, 3.05) is 6.54 Å². The third-order valence-corrected chi connectivity index (χ3v) is 5.11. The molecular formula is C12H11FN2O5S. The van der Waals surface area contributed by atoms with E-state index >= 15 is 0 Å². The van der Waals surface area contributed by atoms with Gasteiger partial charge in [-0.05, 0) is 12.1 Å². The number of benzene rings is 1. The number of carboxylic acid groups (broad SMARTS) is 1. The lowest BCUT2D eigenvalue weighted by atomic mass is 10.2. The van der Waals surface area contributed by atoms with Gasteiger partial charge in [-0.2, -0.15) is 9.57 Å². The summed E-state index contributed by atoms with van der Waals surface area (Å²) in [6.07, 6.45) is -1.38. The molecule has 1 fully saturated rings. The summed E-state index contributed by atoms with van der Waals surface area (Å²) in [5, 5.41) is 27.4. The molecule has 0 bridgehead atoms. The summed E-state index contributed by atoms with van der Waals surface area (Å²) in [6, 6.07) is 3.09. The van der Waals surface area contributed by atoms with Gasteiger partial charge in [0.1, 0.15) is 28.4 Å². The van der Waals surface area contributed by atoms with Crippen LogP contribution < -0.4 is 0 Å². The van der Waals surface area contributed by atoms with E-state index in [2.05, 4.69) is 0 Å². The van der Waals surface area contributed by atoms with E-state index < -0.39 is 51.0 Å². The molecule has 0 aromatic heterocycles. The summed E-state index contributed by atoms with van der Waals surface area (Å²) >= 11 is 0. The molecule has 0 amide bonds. The number of hydrogen-bond acceptors (Lipinski definition) is 5. The molecule has 1 heterocycles. The van der Waals surface area contributed by atoms with Gasteiger partial charge in [0.2, 0.25) is 10.0 Å². The second-order valence-electron chi connectivity index (χ2n) is 4.54. The van der Waals surface area contributed by atoms with Gasteiger partial charge in [0, 0.05) is 13.0 Å². The predicted molar refractivity (Wildman–Crippen MR) is 67.1 cm³/mol. The number of nitrogens with zero attached hydrogens (tertiary/aromatic N) is 2. The van der Waals surface area contributed by atoms with E-state index in [-0.39, 0.29) is 6.42 Å². The highest BCUT2D eigenvalue weighted by Crippen LogP contribution is 2.29. The summed E-state index contributed by atoms with van der Waals surface area (Å²) in [5.74, 6) is -2.42. The molecule has 1 aromatic carbocycles. The van der Waals surface area contributed by atoms with Crippen molar-refractivity contribution in [1.29, 1.82) is 5.26 Å². The number of sulfonamides is 1. The molecule has 112 valence electrons. The first-order valence-corrected chi connectivity index (χ1v) is 7.34. The van der Waals surface area contributed by atoms with Crippen molar-refractivity contribution < 1.29 is 27.8 Å². The molecule has 0 unspecified atom stereocenters. The van der Waals surface area contributed by atoms with Gasteiger partial charge in [-0.1, -0.05) is 6.07 Å². The number of aliphatic hydroxyl groups excluding tert-OH is 1. The van der Waals surface area contributed by atoms with Crippen LogP contribution in [0.1, 0.15) is 12.0 Å². The van der Waals surface area contributed by atoms with Crippen molar-refractivity contribution in [3.8, 4) is 6.07 Å². The summed E-state index contributed by atoms with van der Waals surface area (Å²) in [5.41, 5.74) is -0.678. The van der Waals surface area contributed by atoms with Crippen LogP contribution in [-0.2, 0) is 14.8 Å². The Bertz CT molecular complexity index is 728. The van der Waals surface area contributed by atoms with Gasteiger partial charge in [0.15, 0.2) is 0 Å². The molecule has 1 aliphatic rings. The van der Waals surface area contributed by atoms with Gasteiger partial charge in [-0.15, -0.1) is 0 Å². The summed E-state index contributed by atoms with van der Waals surface area (Å²) < 4.78 is 39.0. The SMILES string of the molecule is N#Cc1c(F)cccc1S(=O)(=O)N1C[C@H](O)C[C@@H]1C(=O)O. The lowest BCUT2D eigenvalue weighted by Gasteiger charge is -2.21. The largest absolute Gasteiger partial charge is 0.480 e. The molecule has 1 aliphatic heterocycles. The third kappa shape index (κ3) is 2.61. The van der Waals surface area contributed by atoms with Gasteiger partial charge in [-0.3, -0.25) is 4.79 Å². The average molecular weight is 314 g/mol. The lowest BCUT2D eigenvalue weighted by Crippen LogP contribution is -2.40. The molecule has 2 rings (SSSR count). The van der Waals surface area contributed by atoms with Crippen LogP contribution in [0, 0.1) is 17.1 Å². The fourth-order valence-electron chi connectivity index (χ4n) is 2.23. The van der Waals surface area contributed by atoms with Gasteiger partial charge >= 0.3 is 5.97 Å². The van der Waals surface area contributed by atoms with Crippen molar-refractivity contribution in [3.05, 3.63) is 29.6 Å². The van der Waals surface area contributed by atoms with E-state index in [9.17, 15) is 22.7 Å². The van der Waals surface area contributed by atoms with Gasteiger partial charge < -0.3 is 10.2 Å². The van der Waals surface area contributed by atoms with Crippen molar-refractivity contribution >= 4 is 16.0 Å². The van der Waals surface area contributed by atoms with Crippen molar-refractivity contribution in [3.63, 3.8) is 0 Å². The Morgan fingerprint density at radius 3 is 2.71 bits per heavy atom. The number of aliphatic hydroxyl groups is 1. The topological polar surface area (TPSA) is 119 Å². The number of aliphatic carboxylic acids is 1. The summed E-state index contributed by atoms with van der Waals surface area (Å²) in [7, 11) is -4.40. The van der Waals surface area contributed by atoms with Crippen LogP contribution in [0.3, 0.4) is 0 Å². The molecule has 2 N–H and O–H groups in total. The summed E-state index contributed by atoms with van der Waals surface area (Å²) in [6.45, 7) is -0.416. The molecule has 0 spiro atoms. The number of rotatable bonds is 3. The van der Waals surface area contributed by atoms with Crippen molar-refractivity contribution in [1.82, 2.24) is 4.31 Å². The smallest absolute Gasteiger partial charge is 0.322 e. The number of carboxylic acids is 1. The zero-order chi connectivity index (χ0) is 15.8. The molecule has 1 saturated heterocycles. The molecule has 21 heavy (non-hydrogen) atoms. The van der Waals surface area contributed by atoms with E-state index in [0.717, 1.165) is 18.2 Å². The Morgan fingerprint density at radius 1 is 1.48 bits per heavy atom. The van der Waals surface area contributed by atoms with E-state index in [1.807, 2.05) is 0 Å². The Balaban J connectivity index is 2.55. The first kappa shape index (κ1) is 15.4. The predicted octanol–water partition coefficient (Wildman–Crippen LogP) is -0.0941. The molecule has 1 aromatic rings. The number of carbonyl (C=O) groups is 1. The van der Waals surface area contributed by atoms with E-state index in [1.54, 1.807) is 0 Å². The quantitative estimate of drug-likeness (QED) is 0.804. The highest BCUT2D eigenvalue weighted by atomic mass is 32.2. The van der Waals surface area contributed by atoms with E-state index in [4.69, 9.17) is 10.4 Å². The van der Waals surface area contributed by atoms with E-state index in [1.165, 1.54) is 6.07 Å². The van der Waals surface area contributed by atoms with Crippen LogP contribution in [0.4, 0.5) is 4.39 Å². The highest BCUT2D eigenvalue weighted by molar-refractivity contribution is 7.89. The van der Waals surface area contributed by atoms with Gasteiger partial charge in [0.05, 0.1) is 6.10 Å². The standard InChI is InChI=1S/C12H11FN2O5S/c13-9-2-1-3-11(8(9)5-14)21(19,20)15-6-7(16)4-10(15)12(17)18/h1-3,7,10,16H,4,6H2,(H,17,18)/t7-,10-/m1/s1. The van der Waals surface area contributed by atoms with E-state index in [0.29, 0.717) is 4.31 Å². The maximum atomic E-state index is 13.5. The second kappa shape index (κ2) is 5.40. The Labute approximate surface area is 119 Å². The Kier molecular flexibility index (Phi) is 3.95. The van der Waals surface area contributed by atoms with Crippen molar-refractivity contribution in [2.45, 2.75) is 23.5 Å². The van der Waals surface area contributed by atoms with Crippen LogP contribution in [0.15, 0.2) is 23.1 Å². The molecule has 9 heteroatoms.